The third kappa shape index (κ3) is 2.59. The number of aromatic hydroxyl groups is 1. The molecule has 2 aromatic rings. The average molecular weight is 281 g/mol. The van der Waals surface area contributed by atoms with Gasteiger partial charge in [-0.25, -0.2) is 13.2 Å². The Balaban J connectivity index is 2.35. The van der Waals surface area contributed by atoms with Crippen LogP contribution in [0, 0.1) is 24.4 Å². The molecule has 2 rings (SSSR count). The number of nitrogens with one attached hydrogen (secondary N) is 1. The fraction of sp³-hybridized carbons (Fsp3) is 0.0714. The molecule has 0 bridgehead atoms. The van der Waals surface area contributed by atoms with E-state index in [1.807, 2.05) is 5.32 Å². The maximum absolute atomic E-state index is 13.7. The van der Waals surface area contributed by atoms with Crippen LogP contribution >= 0.6 is 0 Å². The molecule has 2 aromatic carbocycles. The minimum Gasteiger partial charge on any atom is -0.508 e. The molecule has 0 atom stereocenters. The number of halogens is 3. The van der Waals surface area contributed by atoms with Crippen molar-refractivity contribution in [3.05, 3.63) is 58.9 Å². The van der Waals surface area contributed by atoms with Crippen LogP contribution in [0.5, 0.6) is 5.75 Å². The molecule has 0 heterocycles. The van der Waals surface area contributed by atoms with E-state index >= 15 is 0 Å². The Hall–Kier alpha value is -2.50. The molecule has 0 saturated carbocycles. The van der Waals surface area contributed by atoms with Crippen LogP contribution in [0.3, 0.4) is 0 Å². The van der Waals surface area contributed by atoms with Gasteiger partial charge in [-0.3, -0.25) is 4.79 Å². The van der Waals surface area contributed by atoms with Crippen LogP contribution in [0.1, 0.15) is 15.9 Å². The Bertz CT molecular complexity index is 686. The second-order valence-electron chi connectivity index (χ2n) is 4.17. The Morgan fingerprint density at radius 2 is 1.80 bits per heavy atom. The number of hydrogen-bond donors (Lipinski definition) is 2. The van der Waals surface area contributed by atoms with Crippen molar-refractivity contribution in [1.29, 1.82) is 0 Å². The Kier molecular flexibility index (Phi) is 3.65. The highest BCUT2D eigenvalue weighted by molar-refractivity contribution is 6.04. The van der Waals surface area contributed by atoms with Crippen LogP contribution in [0.4, 0.5) is 18.9 Å². The van der Waals surface area contributed by atoms with Gasteiger partial charge >= 0.3 is 0 Å². The van der Waals surface area contributed by atoms with Gasteiger partial charge in [-0.1, -0.05) is 6.07 Å². The number of hydrogen-bond acceptors (Lipinski definition) is 2. The van der Waals surface area contributed by atoms with Crippen molar-refractivity contribution in [2.75, 3.05) is 5.32 Å². The van der Waals surface area contributed by atoms with Crippen LogP contribution in [-0.2, 0) is 0 Å². The van der Waals surface area contributed by atoms with E-state index in [4.69, 9.17) is 5.11 Å². The van der Waals surface area contributed by atoms with Gasteiger partial charge in [-0.2, -0.15) is 0 Å². The number of amides is 1. The molecular formula is C14H10F3NO2. The first-order chi connectivity index (χ1) is 9.40. The van der Waals surface area contributed by atoms with Gasteiger partial charge in [0.05, 0.1) is 5.56 Å². The fourth-order valence-corrected chi connectivity index (χ4v) is 1.64. The van der Waals surface area contributed by atoms with E-state index in [0.29, 0.717) is 0 Å². The summed E-state index contributed by atoms with van der Waals surface area (Å²) in [5.74, 6) is -4.23. The second-order valence-corrected chi connectivity index (χ2v) is 4.17. The molecule has 0 aliphatic carbocycles. The van der Waals surface area contributed by atoms with Gasteiger partial charge in [0.1, 0.15) is 23.1 Å². The highest BCUT2D eigenvalue weighted by atomic mass is 19.1. The molecule has 20 heavy (non-hydrogen) atoms. The summed E-state index contributed by atoms with van der Waals surface area (Å²) in [4.78, 5) is 11.8. The largest absolute Gasteiger partial charge is 0.508 e. The minimum absolute atomic E-state index is 0.146. The summed E-state index contributed by atoms with van der Waals surface area (Å²) in [7, 11) is 0. The number of phenolic OH excluding ortho intramolecular Hbond substituents is 1. The van der Waals surface area contributed by atoms with E-state index in [0.717, 1.165) is 24.3 Å². The number of rotatable bonds is 2. The zero-order valence-corrected chi connectivity index (χ0v) is 10.4. The lowest BCUT2D eigenvalue weighted by Gasteiger charge is -2.10. The lowest BCUT2D eigenvalue weighted by Crippen LogP contribution is -2.16. The number of anilines is 1. The Labute approximate surface area is 112 Å². The molecule has 2 N–H and O–H groups in total. The van der Waals surface area contributed by atoms with E-state index in [1.54, 1.807) is 0 Å². The second kappa shape index (κ2) is 5.24. The highest BCUT2D eigenvalue weighted by Crippen LogP contribution is 2.23. The zero-order chi connectivity index (χ0) is 14.9. The van der Waals surface area contributed by atoms with Gasteiger partial charge in [0.25, 0.3) is 5.91 Å². The average Bonchev–Trinajstić information content (AvgIpc) is 2.39. The SMILES string of the molecule is Cc1ccc(F)c(NC(=O)c2ccc(O)cc2F)c1F. The number of carbonyl (C=O) groups is 1. The standard InChI is InChI=1S/C14H10F3NO2/c1-7-2-5-10(15)13(12(7)17)18-14(20)9-4-3-8(19)6-11(9)16/h2-6,19H,1H3,(H,18,20). The molecule has 0 spiro atoms. The van der Waals surface area contributed by atoms with E-state index in [9.17, 15) is 18.0 Å². The molecule has 0 aromatic heterocycles. The van der Waals surface area contributed by atoms with Crippen molar-refractivity contribution in [2.45, 2.75) is 6.92 Å². The van der Waals surface area contributed by atoms with Crippen LogP contribution in [0.15, 0.2) is 30.3 Å². The number of benzene rings is 2. The van der Waals surface area contributed by atoms with Crippen LogP contribution in [-0.4, -0.2) is 11.0 Å². The predicted octanol–water partition coefficient (Wildman–Crippen LogP) is 3.37. The maximum Gasteiger partial charge on any atom is 0.258 e. The molecule has 104 valence electrons. The summed E-state index contributed by atoms with van der Waals surface area (Å²) >= 11 is 0. The summed E-state index contributed by atoms with van der Waals surface area (Å²) < 4.78 is 40.7. The molecular weight excluding hydrogens is 271 g/mol. The van der Waals surface area contributed by atoms with E-state index in [2.05, 4.69) is 0 Å². The van der Waals surface area contributed by atoms with Gasteiger partial charge in [-0.15, -0.1) is 0 Å². The van der Waals surface area contributed by atoms with E-state index < -0.39 is 34.6 Å². The summed E-state index contributed by atoms with van der Waals surface area (Å²) in [6, 6.07) is 5.08. The molecule has 0 radical (unpaired) electrons. The summed E-state index contributed by atoms with van der Waals surface area (Å²) in [6.07, 6.45) is 0. The van der Waals surface area contributed by atoms with Gasteiger partial charge < -0.3 is 10.4 Å². The van der Waals surface area contributed by atoms with Gasteiger partial charge in [-0.05, 0) is 30.7 Å². The Morgan fingerprint density at radius 1 is 1.10 bits per heavy atom. The maximum atomic E-state index is 13.7. The monoisotopic (exact) mass is 281 g/mol. The van der Waals surface area contributed by atoms with Gasteiger partial charge in [0, 0.05) is 6.07 Å². The van der Waals surface area contributed by atoms with Crippen molar-refractivity contribution in [1.82, 2.24) is 0 Å². The Morgan fingerprint density at radius 3 is 2.45 bits per heavy atom. The minimum atomic E-state index is -1.01. The summed E-state index contributed by atoms with van der Waals surface area (Å²) in [5, 5.41) is 11.0. The van der Waals surface area contributed by atoms with Crippen molar-refractivity contribution >= 4 is 11.6 Å². The van der Waals surface area contributed by atoms with Crippen LogP contribution in [0.2, 0.25) is 0 Å². The molecule has 6 heteroatoms. The molecule has 0 saturated heterocycles. The smallest absolute Gasteiger partial charge is 0.258 e. The normalized spacial score (nSPS) is 10.4. The molecule has 3 nitrogen and oxygen atoms in total. The first-order valence-corrected chi connectivity index (χ1v) is 5.64. The third-order valence-corrected chi connectivity index (χ3v) is 2.72. The van der Waals surface area contributed by atoms with Crippen LogP contribution in [0.25, 0.3) is 0 Å². The first-order valence-electron chi connectivity index (χ1n) is 5.64. The fourth-order valence-electron chi connectivity index (χ4n) is 1.64. The summed E-state index contributed by atoms with van der Waals surface area (Å²) in [6.45, 7) is 1.41. The number of aryl methyl sites for hydroxylation is 1. The van der Waals surface area contributed by atoms with Crippen LogP contribution < -0.4 is 5.32 Å². The summed E-state index contributed by atoms with van der Waals surface area (Å²) in [5.41, 5.74) is -0.918. The lowest BCUT2D eigenvalue weighted by molar-refractivity contribution is 0.102. The first kappa shape index (κ1) is 13.9. The predicted molar refractivity (Wildman–Crippen MR) is 67.1 cm³/mol. The molecule has 1 amide bonds. The van der Waals surface area contributed by atoms with Gasteiger partial charge in [0.2, 0.25) is 0 Å². The number of phenols is 1. The quantitative estimate of drug-likeness (QED) is 0.886. The lowest BCUT2D eigenvalue weighted by atomic mass is 10.1. The van der Waals surface area contributed by atoms with Crippen molar-refractivity contribution in [3.63, 3.8) is 0 Å². The molecule has 0 aliphatic rings. The number of carbonyl (C=O) groups excluding carboxylic acids is 1. The van der Waals surface area contributed by atoms with Crippen molar-refractivity contribution in [2.24, 2.45) is 0 Å². The molecule has 0 unspecified atom stereocenters. The molecule has 0 aliphatic heterocycles. The van der Waals surface area contributed by atoms with E-state index in [-0.39, 0.29) is 11.3 Å². The molecule has 0 fully saturated rings. The third-order valence-electron chi connectivity index (χ3n) is 2.72. The van der Waals surface area contributed by atoms with Crippen molar-refractivity contribution in [3.8, 4) is 5.75 Å². The zero-order valence-electron chi connectivity index (χ0n) is 10.4. The highest BCUT2D eigenvalue weighted by Gasteiger charge is 2.18. The van der Waals surface area contributed by atoms with Crippen molar-refractivity contribution < 1.29 is 23.1 Å². The topological polar surface area (TPSA) is 49.3 Å². The van der Waals surface area contributed by atoms with E-state index in [1.165, 1.54) is 13.0 Å². The van der Waals surface area contributed by atoms with Gasteiger partial charge in [0.15, 0.2) is 5.82 Å².